The van der Waals surface area contributed by atoms with Crippen molar-refractivity contribution in [3.05, 3.63) is 0 Å². The molecule has 16 heavy (non-hydrogen) atoms. The van der Waals surface area contributed by atoms with Crippen molar-refractivity contribution in [2.75, 3.05) is 13.7 Å². The predicted octanol–water partition coefficient (Wildman–Crippen LogP) is -1.56. The fourth-order valence-electron chi connectivity index (χ4n) is 1.77. The first kappa shape index (κ1) is 13.8. The van der Waals surface area contributed by atoms with Gasteiger partial charge in [0.1, 0.15) is 18.3 Å². The van der Waals surface area contributed by atoms with E-state index in [9.17, 15) is 10.2 Å². The third kappa shape index (κ3) is 2.91. The Kier molecular flexibility index (Phi) is 5.10. The number of likely N-dealkylation sites (N-methyl/N-ethyl adjacent to an activating group) is 1. The molecule has 1 fully saturated rings. The molecule has 1 saturated heterocycles. The third-order valence-corrected chi connectivity index (χ3v) is 2.62. The summed E-state index contributed by atoms with van der Waals surface area (Å²) in [4.78, 5) is 0. The Hall–Kier alpha value is -0.240. The maximum absolute atomic E-state index is 9.84. The van der Waals surface area contributed by atoms with Crippen molar-refractivity contribution in [2.24, 2.45) is 0 Å². The van der Waals surface area contributed by atoms with Crippen LogP contribution in [0, 0.1) is 0 Å². The van der Waals surface area contributed by atoms with E-state index in [1.807, 2.05) is 13.8 Å². The quantitative estimate of drug-likeness (QED) is 0.471. The minimum absolute atomic E-state index is 0.0670. The number of hydrogen-bond acceptors (Lipinski definition) is 6. The van der Waals surface area contributed by atoms with E-state index in [-0.39, 0.29) is 12.7 Å². The smallest absolute Gasteiger partial charge is 0.176 e. The van der Waals surface area contributed by atoms with Crippen molar-refractivity contribution in [3.8, 4) is 0 Å². The van der Waals surface area contributed by atoms with Gasteiger partial charge in [-0.05, 0) is 20.9 Å². The Bertz CT molecular complexity index is 213. The van der Waals surface area contributed by atoms with Gasteiger partial charge in [0, 0.05) is 0 Å². The number of rotatable bonds is 4. The minimum atomic E-state index is -1.12. The molecule has 4 N–H and O–H groups in total. The van der Waals surface area contributed by atoms with E-state index >= 15 is 0 Å². The summed E-state index contributed by atoms with van der Waals surface area (Å²) in [5.41, 5.74) is 0. The van der Waals surface area contributed by atoms with Gasteiger partial charge in [-0.3, -0.25) is 0 Å². The first-order valence-electron chi connectivity index (χ1n) is 5.46. The van der Waals surface area contributed by atoms with Crippen molar-refractivity contribution in [1.82, 2.24) is 5.32 Å². The summed E-state index contributed by atoms with van der Waals surface area (Å²) in [7, 11) is 1.65. The van der Waals surface area contributed by atoms with E-state index in [0.29, 0.717) is 0 Å². The maximum atomic E-state index is 9.84. The summed E-state index contributed by atoms with van der Waals surface area (Å²) >= 11 is 0. The van der Waals surface area contributed by atoms with Crippen LogP contribution in [0.25, 0.3) is 0 Å². The Balaban J connectivity index is 2.73. The maximum Gasteiger partial charge on any atom is 0.176 e. The highest BCUT2D eigenvalue weighted by Crippen LogP contribution is 2.22. The molecule has 6 heteroatoms. The Labute approximate surface area is 95.2 Å². The molecule has 0 radical (unpaired) electrons. The van der Waals surface area contributed by atoms with Gasteiger partial charge >= 0.3 is 0 Å². The molecule has 0 aliphatic carbocycles. The van der Waals surface area contributed by atoms with Crippen LogP contribution in [-0.4, -0.2) is 65.7 Å². The highest BCUT2D eigenvalue weighted by molar-refractivity contribution is 4.92. The fraction of sp³-hybridized carbons (Fsp3) is 1.00. The predicted molar refractivity (Wildman–Crippen MR) is 56.8 cm³/mol. The van der Waals surface area contributed by atoms with Gasteiger partial charge in [0.05, 0.1) is 18.8 Å². The number of aliphatic hydroxyl groups excluding tert-OH is 3. The molecule has 0 aromatic carbocycles. The average Bonchev–Trinajstić information content (AvgIpc) is 2.23. The van der Waals surface area contributed by atoms with Gasteiger partial charge < -0.3 is 30.1 Å². The second kappa shape index (κ2) is 5.90. The van der Waals surface area contributed by atoms with E-state index in [2.05, 4.69) is 5.32 Å². The SMILES string of the molecule is CNC1C(OC(C)C)OC(CO)C(O)C1O. The number of nitrogens with one attached hydrogen (secondary N) is 1. The Morgan fingerprint density at radius 1 is 1.31 bits per heavy atom. The first-order chi connectivity index (χ1) is 7.51. The van der Waals surface area contributed by atoms with Crippen LogP contribution >= 0.6 is 0 Å². The lowest BCUT2D eigenvalue weighted by molar-refractivity contribution is -0.278. The molecule has 0 bridgehead atoms. The molecule has 0 saturated carbocycles. The normalized spacial score (nSPS) is 40.3. The van der Waals surface area contributed by atoms with E-state index in [1.165, 1.54) is 0 Å². The third-order valence-electron chi connectivity index (χ3n) is 2.62. The standard InChI is InChI=1S/C10H21NO5/c1-5(2)15-10-7(11-3)9(14)8(13)6(4-12)16-10/h5-14H,4H2,1-3H3. The molecule has 1 aliphatic heterocycles. The lowest BCUT2D eigenvalue weighted by atomic mass is 9.97. The second-order valence-electron chi connectivity index (χ2n) is 4.21. The van der Waals surface area contributed by atoms with Crippen LogP contribution in [0.1, 0.15) is 13.8 Å². The van der Waals surface area contributed by atoms with Crippen LogP contribution in [0.2, 0.25) is 0 Å². The zero-order chi connectivity index (χ0) is 12.3. The molecule has 96 valence electrons. The number of hydrogen-bond donors (Lipinski definition) is 4. The lowest BCUT2D eigenvalue weighted by Crippen LogP contribution is -2.63. The molecule has 0 aromatic heterocycles. The monoisotopic (exact) mass is 235 g/mol. The van der Waals surface area contributed by atoms with E-state index in [1.54, 1.807) is 7.05 Å². The summed E-state index contributed by atoms with van der Waals surface area (Å²) in [5.74, 6) is 0. The molecule has 5 unspecified atom stereocenters. The number of aliphatic hydroxyl groups is 3. The first-order valence-corrected chi connectivity index (χ1v) is 5.46. The van der Waals surface area contributed by atoms with Gasteiger partial charge in [-0.15, -0.1) is 0 Å². The molecule has 1 heterocycles. The summed E-state index contributed by atoms with van der Waals surface area (Å²) in [6, 6.07) is -0.514. The summed E-state index contributed by atoms with van der Waals surface area (Å²) in [5, 5.41) is 31.4. The summed E-state index contributed by atoms with van der Waals surface area (Å²) in [6.07, 6.45) is -3.71. The highest BCUT2D eigenvalue weighted by Gasteiger charge is 2.44. The second-order valence-corrected chi connectivity index (χ2v) is 4.21. The lowest BCUT2D eigenvalue weighted by Gasteiger charge is -2.42. The zero-order valence-electron chi connectivity index (χ0n) is 9.83. The van der Waals surface area contributed by atoms with E-state index in [0.717, 1.165) is 0 Å². The molecular formula is C10H21NO5. The molecule has 0 amide bonds. The van der Waals surface area contributed by atoms with Crippen LogP contribution in [0.3, 0.4) is 0 Å². The van der Waals surface area contributed by atoms with Crippen LogP contribution in [0.15, 0.2) is 0 Å². The topological polar surface area (TPSA) is 91.2 Å². The van der Waals surface area contributed by atoms with Crippen molar-refractivity contribution in [2.45, 2.75) is 50.6 Å². The van der Waals surface area contributed by atoms with Crippen molar-refractivity contribution in [1.29, 1.82) is 0 Å². The van der Waals surface area contributed by atoms with E-state index in [4.69, 9.17) is 14.6 Å². The van der Waals surface area contributed by atoms with Crippen molar-refractivity contribution >= 4 is 0 Å². The van der Waals surface area contributed by atoms with Crippen LogP contribution < -0.4 is 5.32 Å². The fourth-order valence-corrected chi connectivity index (χ4v) is 1.77. The zero-order valence-corrected chi connectivity index (χ0v) is 9.83. The van der Waals surface area contributed by atoms with Gasteiger partial charge in [-0.1, -0.05) is 0 Å². The van der Waals surface area contributed by atoms with Crippen molar-refractivity contribution < 1.29 is 24.8 Å². The largest absolute Gasteiger partial charge is 0.394 e. The summed E-state index contributed by atoms with van der Waals surface area (Å²) < 4.78 is 10.9. The summed E-state index contributed by atoms with van der Waals surface area (Å²) in [6.45, 7) is 3.34. The molecule has 6 nitrogen and oxygen atoms in total. The highest BCUT2D eigenvalue weighted by atomic mass is 16.7. The molecule has 5 atom stereocenters. The molecule has 0 aromatic rings. The average molecular weight is 235 g/mol. The van der Waals surface area contributed by atoms with Gasteiger partial charge in [0.25, 0.3) is 0 Å². The van der Waals surface area contributed by atoms with Gasteiger partial charge in [-0.25, -0.2) is 0 Å². The van der Waals surface area contributed by atoms with Gasteiger partial charge in [-0.2, -0.15) is 0 Å². The Morgan fingerprint density at radius 3 is 2.38 bits per heavy atom. The van der Waals surface area contributed by atoms with Crippen LogP contribution in [0.4, 0.5) is 0 Å². The van der Waals surface area contributed by atoms with Gasteiger partial charge in [0.15, 0.2) is 6.29 Å². The van der Waals surface area contributed by atoms with E-state index < -0.39 is 30.6 Å². The molecular weight excluding hydrogens is 214 g/mol. The van der Waals surface area contributed by atoms with Crippen molar-refractivity contribution in [3.63, 3.8) is 0 Å². The van der Waals surface area contributed by atoms with Crippen LogP contribution in [-0.2, 0) is 9.47 Å². The van der Waals surface area contributed by atoms with Crippen LogP contribution in [0.5, 0.6) is 0 Å². The number of ether oxygens (including phenoxy) is 2. The minimum Gasteiger partial charge on any atom is -0.394 e. The molecule has 0 spiro atoms. The molecule has 1 rings (SSSR count). The molecule has 1 aliphatic rings. The Morgan fingerprint density at radius 2 is 1.94 bits per heavy atom. The van der Waals surface area contributed by atoms with Gasteiger partial charge in [0.2, 0.25) is 0 Å².